The van der Waals surface area contributed by atoms with Gasteiger partial charge in [0, 0.05) is 0 Å². The summed E-state index contributed by atoms with van der Waals surface area (Å²) in [6.45, 7) is 0. The van der Waals surface area contributed by atoms with Crippen LogP contribution in [0.1, 0.15) is 42.5 Å². The van der Waals surface area contributed by atoms with Gasteiger partial charge in [0.05, 0.1) is 5.56 Å². The molecule has 2 rings (SSSR count). The smallest absolute Gasteiger partial charge is 0.255 e. The number of carbonyl (C=O) groups is 1. The molecule has 5 nitrogen and oxygen atoms in total. The summed E-state index contributed by atoms with van der Waals surface area (Å²) >= 11 is 0. The minimum Gasteiger partial charge on any atom is -0.409 e. The molecule has 1 aliphatic rings. The second-order valence-corrected chi connectivity index (χ2v) is 5.06. The average molecular weight is 279 g/mol. The second-order valence-electron chi connectivity index (χ2n) is 5.06. The topological polar surface area (TPSA) is 87.7 Å². The summed E-state index contributed by atoms with van der Waals surface area (Å²) in [4.78, 5) is 12.2. The molecule has 20 heavy (non-hydrogen) atoms. The fourth-order valence-electron chi connectivity index (χ4n) is 2.63. The highest BCUT2D eigenvalue weighted by molar-refractivity contribution is 6.00. The molecular weight excluding hydrogens is 261 g/mol. The predicted octanol–water partition coefficient (Wildman–Crippen LogP) is 2.00. The van der Waals surface area contributed by atoms with E-state index in [-0.39, 0.29) is 11.4 Å². The Morgan fingerprint density at radius 1 is 1.30 bits per heavy atom. The first-order valence-electron chi connectivity index (χ1n) is 6.64. The van der Waals surface area contributed by atoms with E-state index < -0.39 is 17.3 Å². The maximum atomic E-state index is 13.6. The van der Waals surface area contributed by atoms with Gasteiger partial charge in [-0.3, -0.25) is 4.79 Å². The van der Waals surface area contributed by atoms with Gasteiger partial charge in [0.15, 0.2) is 5.84 Å². The van der Waals surface area contributed by atoms with Crippen molar-refractivity contribution in [3.63, 3.8) is 0 Å². The van der Waals surface area contributed by atoms with Gasteiger partial charge in [-0.05, 0) is 25.0 Å². The second kappa shape index (κ2) is 5.90. The van der Waals surface area contributed by atoms with Gasteiger partial charge < -0.3 is 16.3 Å². The summed E-state index contributed by atoms with van der Waals surface area (Å²) in [6, 6.07) is 5.75. The third-order valence-corrected chi connectivity index (χ3v) is 3.78. The van der Waals surface area contributed by atoms with E-state index >= 15 is 0 Å². The minimum atomic E-state index is -0.883. The van der Waals surface area contributed by atoms with E-state index in [0.29, 0.717) is 12.8 Å². The molecule has 0 spiro atoms. The van der Waals surface area contributed by atoms with Crippen molar-refractivity contribution in [2.45, 2.75) is 37.6 Å². The minimum absolute atomic E-state index is 0.0260. The van der Waals surface area contributed by atoms with Crippen molar-refractivity contribution in [2.24, 2.45) is 10.9 Å². The summed E-state index contributed by atoms with van der Waals surface area (Å²) in [5, 5.41) is 14.7. The van der Waals surface area contributed by atoms with E-state index in [2.05, 4.69) is 10.5 Å². The van der Waals surface area contributed by atoms with Gasteiger partial charge >= 0.3 is 0 Å². The number of halogens is 1. The molecule has 1 aliphatic carbocycles. The molecule has 1 aromatic rings. The van der Waals surface area contributed by atoms with Crippen molar-refractivity contribution in [3.05, 3.63) is 35.6 Å². The lowest BCUT2D eigenvalue weighted by atomic mass is 9.80. The number of hydrogen-bond donors (Lipinski definition) is 3. The van der Waals surface area contributed by atoms with Gasteiger partial charge in [0.1, 0.15) is 11.4 Å². The van der Waals surface area contributed by atoms with Crippen molar-refractivity contribution in [2.75, 3.05) is 0 Å². The van der Waals surface area contributed by atoms with Crippen LogP contribution < -0.4 is 11.1 Å². The number of nitrogens with two attached hydrogens (primary N) is 1. The highest BCUT2D eigenvalue weighted by atomic mass is 19.1. The molecule has 0 radical (unpaired) electrons. The van der Waals surface area contributed by atoms with Crippen LogP contribution in [0.15, 0.2) is 29.4 Å². The Bertz CT molecular complexity index is 525. The van der Waals surface area contributed by atoms with Crippen LogP contribution in [0.2, 0.25) is 0 Å². The van der Waals surface area contributed by atoms with Crippen molar-refractivity contribution >= 4 is 11.7 Å². The number of benzene rings is 1. The van der Waals surface area contributed by atoms with E-state index in [9.17, 15) is 9.18 Å². The molecule has 0 atom stereocenters. The number of amides is 1. The Morgan fingerprint density at radius 2 is 1.95 bits per heavy atom. The van der Waals surface area contributed by atoms with Crippen LogP contribution in [0.5, 0.6) is 0 Å². The molecule has 0 unspecified atom stereocenters. The van der Waals surface area contributed by atoms with Crippen molar-refractivity contribution < 1.29 is 14.4 Å². The number of amidine groups is 1. The standard InChI is InChI=1S/C14H18FN3O2/c15-11-7-3-2-6-10(11)12(19)17-14(13(16)18-20)8-4-1-5-9-14/h2-3,6-7,20H,1,4-5,8-9H2,(H2,16,18)(H,17,19). The van der Waals surface area contributed by atoms with Gasteiger partial charge in [-0.15, -0.1) is 0 Å². The molecule has 0 heterocycles. The Balaban J connectivity index is 2.24. The highest BCUT2D eigenvalue weighted by Gasteiger charge is 2.38. The summed E-state index contributed by atoms with van der Waals surface area (Å²) in [7, 11) is 0. The van der Waals surface area contributed by atoms with E-state index in [1.165, 1.54) is 18.2 Å². The molecule has 4 N–H and O–H groups in total. The predicted molar refractivity (Wildman–Crippen MR) is 73.1 cm³/mol. The largest absolute Gasteiger partial charge is 0.409 e. The van der Waals surface area contributed by atoms with Crippen LogP contribution >= 0.6 is 0 Å². The number of oxime groups is 1. The Hall–Kier alpha value is -2.11. The monoisotopic (exact) mass is 279 g/mol. The fourth-order valence-corrected chi connectivity index (χ4v) is 2.63. The van der Waals surface area contributed by atoms with E-state index in [1.807, 2.05) is 0 Å². The summed E-state index contributed by atoms with van der Waals surface area (Å²) in [5.74, 6) is -1.16. The van der Waals surface area contributed by atoms with Gasteiger partial charge in [-0.2, -0.15) is 0 Å². The molecule has 0 aliphatic heterocycles. The number of rotatable bonds is 3. The van der Waals surface area contributed by atoms with Crippen LogP contribution in [0.25, 0.3) is 0 Å². The molecule has 108 valence electrons. The first-order valence-corrected chi connectivity index (χ1v) is 6.64. The van der Waals surface area contributed by atoms with Crippen LogP contribution in [0.3, 0.4) is 0 Å². The molecular formula is C14H18FN3O2. The van der Waals surface area contributed by atoms with E-state index in [1.54, 1.807) is 6.07 Å². The maximum absolute atomic E-state index is 13.6. The molecule has 0 saturated heterocycles. The molecule has 1 aromatic carbocycles. The lowest BCUT2D eigenvalue weighted by Gasteiger charge is -2.36. The average Bonchev–Trinajstić information content (AvgIpc) is 2.47. The highest BCUT2D eigenvalue weighted by Crippen LogP contribution is 2.29. The van der Waals surface area contributed by atoms with Crippen LogP contribution in [-0.2, 0) is 0 Å². The quantitative estimate of drug-likeness (QED) is 0.342. The van der Waals surface area contributed by atoms with Gasteiger partial charge in [-0.25, -0.2) is 4.39 Å². The van der Waals surface area contributed by atoms with Crippen molar-refractivity contribution in [1.82, 2.24) is 5.32 Å². The number of nitrogens with one attached hydrogen (secondary N) is 1. The summed E-state index contributed by atoms with van der Waals surface area (Å²) < 4.78 is 13.6. The molecule has 0 aromatic heterocycles. The molecule has 1 amide bonds. The Kier molecular flexibility index (Phi) is 4.22. The lowest BCUT2D eigenvalue weighted by molar-refractivity contribution is 0.0901. The first-order chi connectivity index (χ1) is 9.59. The summed E-state index contributed by atoms with van der Waals surface area (Å²) in [5.41, 5.74) is 4.82. The first kappa shape index (κ1) is 14.3. The molecule has 0 bridgehead atoms. The number of carbonyl (C=O) groups excluding carboxylic acids is 1. The molecule has 6 heteroatoms. The van der Waals surface area contributed by atoms with Gasteiger partial charge in [0.25, 0.3) is 5.91 Å². The Labute approximate surface area is 116 Å². The molecule has 1 saturated carbocycles. The maximum Gasteiger partial charge on any atom is 0.255 e. The fraction of sp³-hybridized carbons (Fsp3) is 0.429. The zero-order chi connectivity index (χ0) is 14.6. The van der Waals surface area contributed by atoms with E-state index in [0.717, 1.165) is 19.3 Å². The van der Waals surface area contributed by atoms with Crippen LogP contribution in [-0.4, -0.2) is 22.5 Å². The van der Waals surface area contributed by atoms with Crippen molar-refractivity contribution in [3.8, 4) is 0 Å². The normalized spacial score (nSPS) is 18.6. The van der Waals surface area contributed by atoms with Crippen molar-refractivity contribution in [1.29, 1.82) is 0 Å². The van der Waals surface area contributed by atoms with Gasteiger partial charge in [0.2, 0.25) is 0 Å². The third kappa shape index (κ3) is 2.74. The third-order valence-electron chi connectivity index (χ3n) is 3.78. The van der Waals surface area contributed by atoms with Crippen LogP contribution in [0, 0.1) is 5.82 Å². The lowest BCUT2D eigenvalue weighted by Crippen LogP contribution is -2.58. The van der Waals surface area contributed by atoms with Gasteiger partial charge in [-0.1, -0.05) is 36.6 Å². The number of nitrogens with zero attached hydrogens (tertiary/aromatic N) is 1. The van der Waals surface area contributed by atoms with E-state index in [4.69, 9.17) is 10.9 Å². The Morgan fingerprint density at radius 3 is 2.55 bits per heavy atom. The summed E-state index contributed by atoms with van der Waals surface area (Å²) in [6.07, 6.45) is 3.95. The number of hydrogen-bond acceptors (Lipinski definition) is 3. The molecule has 1 fully saturated rings. The zero-order valence-electron chi connectivity index (χ0n) is 11.1. The van der Waals surface area contributed by atoms with Crippen LogP contribution in [0.4, 0.5) is 4.39 Å². The zero-order valence-corrected chi connectivity index (χ0v) is 11.1. The SMILES string of the molecule is N/C(=N/O)C1(NC(=O)c2ccccc2F)CCCCC1.